The number of pyridine rings is 1. The van der Waals surface area contributed by atoms with Crippen molar-refractivity contribution < 1.29 is 13.6 Å². The van der Waals surface area contributed by atoms with Crippen molar-refractivity contribution in [3.63, 3.8) is 0 Å². The first-order valence-corrected chi connectivity index (χ1v) is 5.52. The minimum Gasteiger partial charge on any atom is -0.275 e. The highest BCUT2D eigenvalue weighted by Gasteiger charge is 2.18. The number of hydrogen-bond donors (Lipinski definition) is 0. The van der Waals surface area contributed by atoms with Crippen molar-refractivity contribution in [1.82, 2.24) is 4.98 Å². The second-order valence-electron chi connectivity index (χ2n) is 2.27. The highest BCUT2D eigenvalue weighted by Crippen LogP contribution is 2.27. The van der Waals surface area contributed by atoms with Crippen molar-refractivity contribution in [3.8, 4) is 0 Å². The molecule has 0 fully saturated rings. The van der Waals surface area contributed by atoms with Gasteiger partial charge in [0.1, 0.15) is 9.39 Å². The van der Waals surface area contributed by atoms with Crippen LogP contribution < -0.4 is 0 Å². The molecule has 0 unspecified atom stereocenters. The molecular weight excluding hydrogens is 394 g/mol. The van der Waals surface area contributed by atoms with Crippen molar-refractivity contribution in [3.05, 3.63) is 25.5 Å². The van der Waals surface area contributed by atoms with Gasteiger partial charge >= 0.3 is 0 Å². The molecule has 0 spiro atoms. The summed E-state index contributed by atoms with van der Waals surface area (Å²) in [6, 6.07) is 1.09. The molecule has 0 aromatic carbocycles. The zero-order chi connectivity index (χ0) is 10.9. The summed E-state index contributed by atoms with van der Waals surface area (Å²) in [5.74, 6) is 0. The summed E-state index contributed by atoms with van der Waals surface area (Å²) < 4.78 is 24.9. The summed E-state index contributed by atoms with van der Waals surface area (Å²) >= 11 is 9.91. The number of alkyl halides is 2. The lowest BCUT2D eigenvalue weighted by atomic mass is 10.3. The number of carbonyl (C=O) groups is 1. The van der Waals surface area contributed by atoms with E-state index >= 15 is 0 Å². The number of halogens is 5. The molecule has 76 valence electrons. The Morgan fingerprint density at radius 2 is 2.21 bits per heavy atom. The van der Waals surface area contributed by atoms with Crippen LogP contribution in [0.1, 0.15) is 22.5 Å². The highest BCUT2D eigenvalue weighted by atomic mass is 127. The topological polar surface area (TPSA) is 30.0 Å². The first kappa shape index (κ1) is 12.3. The lowest BCUT2D eigenvalue weighted by molar-refractivity contribution is 0.107. The van der Waals surface area contributed by atoms with Gasteiger partial charge in [-0.1, -0.05) is 0 Å². The Hall–Kier alpha value is 0.180. The molecule has 1 aromatic rings. The van der Waals surface area contributed by atoms with Gasteiger partial charge in [0.15, 0.2) is 0 Å². The molecule has 0 aliphatic rings. The smallest absolute Gasteiger partial charge is 0.275 e. The monoisotopic (exact) mass is 395 g/mol. The molecule has 0 atom stereocenters. The summed E-state index contributed by atoms with van der Waals surface area (Å²) in [6.07, 6.45) is -2.67. The van der Waals surface area contributed by atoms with E-state index in [9.17, 15) is 13.6 Å². The van der Waals surface area contributed by atoms with Gasteiger partial charge in [-0.15, -0.1) is 0 Å². The van der Waals surface area contributed by atoms with Crippen molar-refractivity contribution in [1.29, 1.82) is 0 Å². The SMILES string of the molecule is O=C(Cl)c1c(Br)cc(C(F)F)nc1I. The highest BCUT2D eigenvalue weighted by molar-refractivity contribution is 14.1. The van der Waals surface area contributed by atoms with Crippen LogP contribution in [0.4, 0.5) is 8.78 Å². The van der Waals surface area contributed by atoms with Gasteiger partial charge in [-0.3, -0.25) is 4.79 Å². The molecule has 1 heterocycles. The van der Waals surface area contributed by atoms with Gasteiger partial charge in [-0.25, -0.2) is 13.8 Å². The maximum absolute atomic E-state index is 12.3. The molecule has 0 saturated heterocycles. The molecule has 7 heteroatoms. The quantitative estimate of drug-likeness (QED) is 0.433. The number of rotatable bonds is 2. The van der Waals surface area contributed by atoms with Crippen LogP contribution in [0.2, 0.25) is 0 Å². The van der Waals surface area contributed by atoms with E-state index in [0.29, 0.717) is 0 Å². The van der Waals surface area contributed by atoms with E-state index in [1.54, 1.807) is 22.6 Å². The molecule has 1 rings (SSSR count). The van der Waals surface area contributed by atoms with E-state index in [4.69, 9.17) is 11.6 Å². The van der Waals surface area contributed by atoms with Crippen LogP contribution in [0.25, 0.3) is 0 Å². The van der Waals surface area contributed by atoms with Crippen LogP contribution in [0.3, 0.4) is 0 Å². The maximum Gasteiger partial charge on any atom is 0.280 e. The predicted octanol–water partition coefficient (Wildman–Crippen LogP) is 3.77. The summed E-state index contributed by atoms with van der Waals surface area (Å²) in [7, 11) is 0. The third kappa shape index (κ3) is 2.60. The van der Waals surface area contributed by atoms with Gasteiger partial charge in [0.2, 0.25) is 0 Å². The summed E-state index contributed by atoms with van der Waals surface area (Å²) in [6.45, 7) is 0. The van der Waals surface area contributed by atoms with E-state index in [2.05, 4.69) is 20.9 Å². The number of hydrogen-bond acceptors (Lipinski definition) is 2. The lowest BCUT2D eigenvalue weighted by Gasteiger charge is -2.05. The van der Waals surface area contributed by atoms with Crippen molar-refractivity contribution in [2.75, 3.05) is 0 Å². The maximum atomic E-state index is 12.3. The molecule has 0 bridgehead atoms. The van der Waals surface area contributed by atoms with Gasteiger partial charge in [0.05, 0.1) is 5.56 Å². The Morgan fingerprint density at radius 3 is 2.57 bits per heavy atom. The molecule has 1 aromatic heterocycles. The zero-order valence-corrected chi connectivity index (χ0v) is 10.9. The largest absolute Gasteiger partial charge is 0.280 e. The third-order valence-electron chi connectivity index (χ3n) is 1.37. The number of carbonyl (C=O) groups excluding carboxylic acids is 1. The molecule has 0 radical (unpaired) electrons. The third-order valence-corrected chi connectivity index (χ3v) is 2.96. The zero-order valence-electron chi connectivity index (χ0n) is 6.40. The van der Waals surface area contributed by atoms with Crippen LogP contribution >= 0.6 is 50.1 Å². The minimum atomic E-state index is -2.67. The Morgan fingerprint density at radius 1 is 1.64 bits per heavy atom. The average molecular weight is 396 g/mol. The number of nitrogens with zero attached hydrogens (tertiary/aromatic N) is 1. The fraction of sp³-hybridized carbons (Fsp3) is 0.143. The summed E-state index contributed by atoms with van der Waals surface area (Å²) in [5.41, 5.74) is -0.278. The Labute approximate surface area is 105 Å². The number of aromatic nitrogens is 1. The summed E-state index contributed by atoms with van der Waals surface area (Å²) in [5, 5.41) is -0.727. The van der Waals surface area contributed by atoms with Crippen LogP contribution in [-0.2, 0) is 0 Å². The molecule has 0 N–H and O–H groups in total. The van der Waals surface area contributed by atoms with Crippen LogP contribution in [0.15, 0.2) is 10.5 Å². The molecule has 0 saturated carbocycles. The van der Waals surface area contributed by atoms with Gasteiger partial charge in [-0.2, -0.15) is 0 Å². The standard InChI is InChI=1S/C7H2BrClF2INO/c8-2-1-3(6(10)11)13-7(12)4(2)5(9)14/h1,6H. The van der Waals surface area contributed by atoms with Crippen molar-refractivity contribution >= 4 is 55.4 Å². The molecule has 0 aliphatic carbocycles. The van der Waals surface area contributed by atoms with Crippen LogP contribution in [0, 0.1) is 3.70 Å². The van der Waals surface area contributed by atoms with Crippen molar-refractivity contribution in [2.24, 2.45) is 0 Å². The van der Waals surface area contributed by atoms with E-state index in [1.165, 1.54) is 0 Å². The first-order valence-electron chi connectivity index (χ1n) is 3.27. The molecular formula is C7H2BrClF2INO. The van der Waals surface area contributed by atoms with E-state index in [-0.39, 0.29) is 19.4 Å². The second-order valence-corrected chi connectivity index (χ2v) is 4.49. The normalized spacial score (nSPS) is 10.7. The van der Waals surface area contributed by atoms with Gasteiger partial charge in [0, 0.05) is 4.47 Å². The first-order chi connectivity index (χ1) is 6.43. The van der Waals surface area contributed by atoms with Gasteiger partial charge < -0.3 is 0 Å². The van der Waals surface area contributed by atoms with Crippen LogP contribution in [-0.4, -0.2) is 10.2 Å². The predicted molar refractivity (Wildman–Crippen MR) is 59.8 cm³/mol. The van der Waals surface area contributed by atoms with Gasteiger partial charge in [-0.05, 0) is 56.2 Å². The lowest BCUT2D eigenvalue weighted by Crippen LogP contribution is -2.02. The van der Waals surface area contributed by atoms with E-state index < -0.39 is 11.7 Å². The fourth-order valence-corrected chi connectivity index (χ4v) is 3.04. The van der Waals surface area contributed by atoms with E-state index in [0.717, 1.165) is 6.07 Å². The Bertz CT molecular complexity index is 365. The molecule has 14 heavy (non-hydrogen) atoms. The Balaban J connectivity index is 3.32. The average Bonchev–Trinajstić information content (AvgIpc) is 2.01. The van der Waals surface area contributed by atoms with Gasteiger partial charge in [0.25, 0.3) is 11.7 Å². The summed E-state index contributed by atoms with van der Waals surface area (Å²) in [4.78, 5) is 14.4. The Kier molecular flexibility index (Phi) is 4.20. The molecule has 2 nitrogen and oxygen atoms in total. The minimum absolute atomic E-state index is 0.108. The molecule has 0 amide bonds. The molecule has 0 aliphatic heterocycles. The second kappa shape index (κ2) is 4.80. The van der Waals surface area contributed by atoms with Crippen LogP contribution in [0.5, 0.6) is 0 Å². The van der Waals surface area contributed by atoms with Crippen molar-refractivity contribution in [2.45, 2.75) is 6.43 Å². The fourth-order valence-electron chi connectivity index (χ4n) is 0.789. The van der Waals surface area contributed by atoms with E-state index in [1.807, 2.05) is 0 Å².